The second-order valence-electron chi connectivity index (χ2n) is 3.10. The van der Waals surface area contributed by atoms with Crippen LogP contribution < -0.4 is 0 Å². The van der Waals surface area contributed by atoms with E-state index in [-0.39, 0.29) is 11.5 Å². The molecule has 1 heterocycles. The van der Waals surface area contributed by atoms with Crippen molar-refractivity contribution in [3.63, 3.8) is 0 Å². The normalized spacial score (nSPS) is 19.8. The Labute approximate surface area is 72.7 Å². The molecule has 0 aromatic heterocycles. The van der Waals surface area contributed by atoms with Gasteiger partial charge in [0, 0.05) is 25.1 Å². The molecule has 0 aliphatic carbocycles. The van der Waals surface area contributed by atoms with Crippen molar-refractivity contribution < 1.29 is 9.90 Å². The van der Waals surface area contributed by atoms with Crippen molar-refractivity contribution >= 4 is 5.78 Å². The fourth-order valence-electron chi connectivity index (χ4n) is 1.39. The van der Waals surface area contributed by atoms with Gasteiger partial charge in [0.2, 0.25) is 0 Å². The maximum absolute atomic E-state index is 11.0. The lowest BCUT2D eigenvalue weighted by molar-refractivity contribution is -0.114. The molecule has 0 amide bonds. The van der Waals surface area contributed by atoms with Gasteiger partial charge < -0.3 is 5.11 Å². The van der Waals surface area contributed by atoms with Gasteiger partial charge in [-0.1, -0.05) is 6.92 Å². The second-order valence-corrected chi connectivity index (χ2v) is 3.10. The van der Waals surface area contributed by atoms with E-state index in [9.17, 15) is 9.90 Å². The van der Waals surface area contributed by atoms with Gasteiger partial charge in [0.05, 0.1) is 0 Å². The van der Waals surface area contributed by atoms with Gasteiger partial charge in [-0.25, -0.2) is 0 Å². The van der Waals surface area contributed by atoms with E-state index in [1.54, 1.807) is 0 Å². The van der Waals surface area contributed by atoms with E-state index in [4.69, 9.17) is 0 Å². The molecule has 0 fully saturated rings. The summed E-state index contributed by atoms with van der Waals surface area (Å²) in [7, 11) is 0. The minimum Gasteiger partial charge on any atom is -0.512 e. The molecule has 1 rings (SSSR count). The Morgan fingerprint density at radius 1 is 1.67 bits per heavy atom. The average Bonchev–Trinajstić information content (AvgIpc) is 2.05. The molecule has 0 saturated carbocycles. The number of hydrogen-bond acceptors (Lipinski definition) is 3. The van der Waals surface area contributed by atoms with Crippen molar-refractivity contribution in [1.82, 2.24) is 4.90 Å². The molecule has 0 aromatic rings. The van der Waals surface area contributed by atoms with Crippen LogP contribution in [0.1, 0.15) is 20.3 Å². The number of likely N-dealkylation sites (N-methyl/N-ethyl adjacent to an activating group) is 1. The van der Waals surface area contributed by atoms with Crippen molar-refractivity contribution in [2.75, 3.05) is 19.6 Å². The van der Waals surface area contributed by atoms with Crippen molar-refractivity contribution in [3.05, 3.63) is 11.3 Å². The summed E-state index contributed by atoms with van der Waals surface area (Å²) in [6.07, 6.45) is 0.614. The molecule has 0 radical (unpaired) electrons. The fraction of sp³-hybridized carbons (Fsp3) is 0.667. The minimum atomic E-state index is -0.00866. The smallest absolute Gasteiger partial charge is 0.160 e. The number of aliphatic hydroxyl groups excluding tert-OH is 1. The first kappa shape index (κ1) is 9.26. The topological polar surface area (TPSA) is 40.5 Å². The molecule has 0 spiro atoms. The molecular weight excluding hydrogens is 154 g/mol. The molecule has 1 aliphatic heterocycles. The highest BCUT2D eigenvalue weighted by atomic mass is 16.3. The number of ketones is 1. The van der Waals surface area contributed by atoms with E-state index in [2.05, 4.69) is 11.8 Å². The Morgan fingerprint density at radius 3 is 2.83 bits per heavy atom. The molecule has 0 atom stereocenters. The van der Waals surface area contributed by atoms with Crippen LogP contribution in [-0.4, -0.2) is 35.4 Å². The summed E-state index contributed by atoms with van der Waals surface area (Å²) in [5.41, 5.74) is 0.586. The first-order chi connectivity index (χ1) is 5.65. The summed E-state index contributed by atoms with van der Waals surface area (Å²) in [4.78, 5) is 13.2. The molecule has 0 unspecified atom stereocenters. The van der Waals surface area contributed by atoms with E-state index >= 15 is 0 Å². The number of Topliss-reactive ketones (excluding diaryl/α,β-unsaturated/α-hetero) is 1. The highest BCUT2D eigenvalue weighted by Crippen LogP contribution is 2.15. The molecule has 0 saturated heterocycles. The first-order valence-electron chi connectivity index (χ1n) is 4.29. The zero-order valence-electron chi connectivity index (χ0n) is 7.63. The third-order valence-electron chi connectivity index (χ3n) is 2.27. The maximum atomic E-state index is 11.0. The molecule has 0 bridgehead atoms. The highest BCUT2D eigenvalue weighted by Gasteiger charge is 2.19. The Bertz CT molecular complexity index is 221. The molecule has 0 aromatic carbocycles. The number of hydrogen-bond donors (Lipinski definition) is 1. The van der Waals surface area contributed by atoms with E-state index in [1.807, 2.05) is 0 Å². The molecule has 1 N–H and O–H groups in total. The average molecular weight is 169 g/mol. The van der Waals surface area contributed by atoms with Gasteiger partial charge in [-0.05, 0) is 13.5 Å². The van der Waals surface area contributed by atoms with Crippen LogP contribution in [-0.2, 0) is 4.79 Å². The van der Waals surface area contributed by atoms with Crippen LogP contribution in [0.3, 0.4) is 0 Å². The summed E-state index contributed by atoms with van der Waals surface area (Å²) in [5.74, 6) is 0.276. The summed E-state index contributed by atoms with van der Waals surface area (Å²) in [6.45, 7) is 5.96. The van der Waals surface area contributed by atoms with E-state index in [0.29, 0.717) is 18.5 Å². The highest BCUT2D eigenvalue weighted by molar-refractivity contribution is 5.94. The van der Waals surface area contributed by atoms with Gasteiger partial charge in [-0.15, -0.1) is 0 Å². The quantitative estimate of drug-likeness (QED) is 0.673. The van der Waals surface area contributed by atoms with Gasteiger partial charge in [-0.3, -0.25) is 9.69 Å². The van der Waals surface area contributed by atoms with Crippen LogP contribution in [0, 0.1) is 0 Å². The summed E-state index contributed by atoms with van der Waals surface area (Å²) in [6, 6.07) is 0. The van der Waals surface area contributed by atoms with Crippen LogP contribution in [0.2, 0.25) is 0 Å². The monoisotopic (exact) mass is 169 g/mol. The van der Waals surface area contributed by atoms with Crippen molar-refractivity contribution in [1.29, 1.82) is 0 Å². The molecular formula is C9H15NO2. The Balaban J connectivity index is 2.74. The largest absolute Gasteiger partial charge is 0.512 e. The number of carbonyl (C=O) groups is 1. The lowest BCUT2D eigenvalue weighted by atomic mass is 10.0. The van der Waals surface area contributed by atoms with Crippen LogP contribution in [0.5, 0.6) is 0 Å². The summed E-state index contributed by atoms with van der Waals surface area (Å²) in [5, 5.41) is 9.38. The van der Waals surface area contributed by atoms with Crippen LogP contribution in [0.25, 0.3) is 0 Å². The number of aliphatic hydroxyl groups is 1. The molecule has 12 heavy (non-hydrogen) atoms. The predicted molar refractivity (Wildman–Crippen MR) is 47.1 cm³/mol. The molecule has 3 heteroatoms. The Kier molecular flexibility index (Phi) is 2.87. The number of nitrogens with zero attached hydrogens (tertiary/aromatic N) is 1. The SMILES string of the molecule is CCN1CCC(O)=C(C(C)=O)C1. The fourth-order valence-corrected chi connectivity index (χ4v) is 1.39. The van der Waals surface area contributed by atoms with Gasteiger partial charge in [0.15, 0.2) is 5.78 Å². The van der Waals surface area contributed by atoms with Gasteiger partial charge in [0.25, 0.3) is 0 Å². The Hall–Kier alpha value is -0.830. The van der Waals surface area contributed by atoms with Gasteiger partial charge in [-0.2, -0.15) is 0 Å². The van der Waals surface area contributed by atoms with Crippen LogP contribution in [0.4, 0.5) is 0 Å². The number of rotatable bonds is 2. The molecule has 68 valence electrons. The third kappa shape index (κ3) is 1.85. The van der Waals surface area contributed by atoms with Crippen molar-refractivity contribution in [2.24, 2.45) is 0 Å². The lowest BCUT2D eigenvalue weighted by Gasteiger charge is -2.26. The first-order valence-corrected chi connectivity index (χ1v) is 4.29. The van der Waals surface area contributed by atoms with E-state index in [1.165, 1.54) is 6.92 Å². The summed E-state index contributed by atoms with van der Waals surface area (Å²) >= 11 is 0. The molecule has 3 nitrogen and oxygen atoms in total. The minimum absolute atomic E-state index is 0.00866. The number of carbonyl (C=O) groups excluding carboxylic acids is 1. The van der Waals surface area contributed by atoms with E-state index in [0.717, 1.165) is 13.1 Å². The van der Waals surface area contributed by atoms with Crippen molar-refractivity contribution in [2.45, 2.75) is 20.3 Å². The third-order valence-corrected chi connectivity index (χ3v) is 2.27. The zero-order valence-corrected chi connectivity index (χ0v) is 7.63. The standard InChI is InChI=1S/C9H15NO2/c1-3-10-5-4-9(12)8(6-10)7(2)11/h12H,3-6H2,1-2H3. The lowest BCUT2D eigenvalue weighted by Crippen LogP contribution is -2.33. The van der Waals surface area contributed by atoms with E-state index < -0.39 is 0 Å². The maximum Gasteiger partial charge on any atom is 0.160 e. The second kappa shape index (κ2) is 3.72. The summed E-state index contributed by atoms with van der Waals surface area (Å²) < 4.78 is 0. The van der Waals surface area contributed by atoms with Gasteiger partial charge in [0.1, 0.15) is 5.76 Å². The van der Waals surface area contributed by atoms with Crippen LogP contribution >= 0.6 is 0 Å². The Morgan fingerprint density at radius 2 is 2.33 bits per heavy atom. The van der Waals surface area contributed by atoms with Crippen molar-refractivity contribution in [3.8, 4) is 0 Å². The molecule has 1 aliphatic rings. The predicted octanol–water partition coefficient (Wildman–Crippen LogP) is 1.11. The van der Waals surface area contributed by atoms with Gasteiger partial charge >= 0.3 is 0 Å². The van der Waals surface area contributed by atoms with Crippen LogP contribution in [0.15, 0.2) is 11.3 Å². The zero-order chi connectivity index (χ0) is 9.14.